The Labute approximate surface area is 101 Å². The molecule has 5 heteroatoms. The highest BCUT2D eigenvalue weighted by atomic mass is 32.1. The Balaban J connectivity index is 2.21. The van der Waals surface area contributed by atoms with Crippen LogP contribution in [0.2, 0.25) is 0 Å². The van der Waals surface area contributed by atoms with E-state index in [1.54, 1.807) is 22.7 Å². The van der Waals surface area contributed by atoms with Crippen molar-refractivity contribution in [2.75, 3.05) is 12.4 Å². The van der Waals surface area contributed by atoms with E-state index in [0.717, 1.165) is 10.1 Å². The SMILES string of the molecule is CNc1nnc(-c2cccc3ccsc23)s1. The maximum atomic E-state index is 4.20. The fraction of sp³-hybridized carbons (Fsp3) is 0.0909. The van der Waals surface area contributed by atoms with Gasteiger partial charge in [-0.05, 0) is 16.8 Å². The summed E-state index contributed by atoms with van der Waals surface area (Å²) in [5.74, 6) is 0. The molecule has 0 saturated heterocycles. The Morgan fingerprint density at radius 2 is 2.12 bits per heavy atom. The van der Waals surface area contributed by atoms with E-state index >= 15 is 0 Å². The van der Waals surface area contributed by atoms with Crippen molar-refractivity contribution in [1.82, 2.24) is 10.2 Å². The first-order chi connectivity index (χ1) is 7.88. The van der Waals surface area contributed by atoms with Crippen LogP contribution in [0.4, 0.5) is 5.13 Å². The molecule has 3 nitrogen and oxygen atoms in total. The summed E-state index contributed by atoms with van der Waals surface area (Å²) in [5, 5.41) is 16.5. The van der Waals surface area contributed by atoms with Gasteiger partial charge >= 0.3 is 0 Å². The molecule has 0 unspecified atom stereocenters. The first-order valence-corrected chi connectivity index (χ1v) is 6.56. The number of aromatic nitrogens is 2. The molecule has 16 heavy (non-hydrogen) atoms. The lowest BCUT2D eigenvalue weighted by Crippen LogP contribution is -1.84. The summed E-state index contributed by atoms with van der Waals surface area (Å²) >= 11 is 3.32. The van der Waals surface area contributed by atoms with Gasteiger partial charge in [-0.25, -0.2) is 0 Å². The van der Waals surface area contributed by atoms with E-state index in [1.165, 1.54) is 15.6 Å². The zero-order valence-electron chi connectivity index (χ0n) is 8.60. The van der Waals surface area contributed by atoms with E-state index in [4.69, 9.17) is 0 Å². The molecule has 0 aliphatic heterocycles. The van der Waals surface area contributed by atoms with Gasteiger partial charge in [0.25, 0.3) is 0 Å². The highest BCUT2D eigenvalue weighted by Crippen LogP contribution is 2.34. The smallest absolute Gasteiger partial charge is 0.205 e. The zero-order chi connectivity index (χ0) is 11.0. The molecule has 0 fully saturated rings. The van der Waals surface area contributed by atoms with Crippen molar-refractivity contribution in [3.63, 3.8) is 0 Å². The largest absolute Gasteiger partial charge is 0.363 e. The highest BCUT2D eigenvalue weighted by molar-refractivity contribution is 7.20. The van der Waals surface area contributed by atoms with E-state index in [2.05, 4.69) is 45.2 Å². The second-order valence-electron chi connectivity index (χ2n) is 3.31. The van der Waals surface area contributed by atoms with Crippen LogP contribution >= 0.6 is 22.7 Å². The second kappa shape index (κ2) is 3.84. The van der Waals surface area contributed by atoms with Crippen LogP contribution < -0.4 is 5.32 Å². The number of fused-ring (bicyclic) bond motifs is 1. The van der Waals surface area contributed by atoms with Crippen LogP contribution in [0.1, 0.15) is 0 Å². The Morgan fingerprint density at radius 1 is 1.19 bits per heavy atom. The molecule has 0 saturated carbocycles. The molecule has 2 heterocycles. The number of nitrogens with zero attached hydrogens (tertiary/aromatic N) is 2. The van der Waals surface area contributed by atoms with Crippen molar-refractivity contribution >= 4 is 37.9 Å². The molecular formula is C11H9N3S2. The van der Waals surface area contributed by atoms with Gasteiger partial charge in [0.05, 0.1) is 0 Å². The molecule has 1 N–H and O–H groups in total. The lowest BCUT2D eigenvalue weighted by atomic mass is 10.2. The predicted octanol–water partition coefficient (Wildman–Crippen LogP) is 3.46. The normalized spacial score (nSPS) is 10.8. The molecule has 0 aliphatic rings. The number of benzene rings is 1. The predicted molar refractivity (Wildman–Crippen MR) is 70.3 cm³/mol. The molecule has 0 bridgehead atoms. The average molecular weight is 247 g/mol. The number of nitrogens with one attached hydrogen (secondary N) is 1. The summed E-state index contributed by atoms with van der Waals surface area (Å²) in [6, 6.07) is 8.41. The number of thiophene rings is 1. The summed E-state index contributed by atoms with van der Waals surface area (Å²) in [5.41, 5.74) is 1.17. The van der Waals surface area contributed by atoms with Crippen LogP contribution in [0, 0.1) is 0 Å². The topological polar surface area (TPSA) is 37.8 Å². The van der Waals surface area contributed by atoms with Gasteiger partial charge in [-0.15, -0.1) is 21.5 Å². The number of hydrogen-bond donors (Lipinski definition) is 1. The quantitative estimate of drug-likeness (QED) is 0.753. The van der Waals surface area contributed by atoms with Crippen molar-refractivity contribution in [3.05, 3.63) is 29.6 Å². The number of anilines is 1. The Kier molecular flexibility index (Phi) is 2.34. The fourth-order valence-corrected chi connectivity index (χ4v) is 3.30. The molecule has 1 aromatic carbocycles. The molecule has 0 spiro atoms. The van der Waals surface area contributed by atoms with Gasteiger partial charge in [0.15, 0.2) is 5.01 Å². The summed E-state index contributed by atoms with van der Waals surface area (Å²) in [4.78, 5) is 0. The first-order valence-electron chi connectivity index (χ1n) is 4.86. The molecule has 0 amide bonds. The van der Waals surface area contributed by atoms with Crippen LogP contribution in [0.25, 0.3) is 20.7 Å². The maximum absolute atomic E-state index is 4.20. The molecule has 80 valence electrons. The van der Waals surface area contributed by atoms with E-state index < -0.39 is 0 Å². The van der Waals surface area contributed by atoms with E-state index in [1.807, 2.05) is 7.05 Å². The van der Waals surface area contributed by atoms with Gasteiger partial charge in [-0.2, -0.15) is 0 Å². The summed E-state index contributed by atoms with van der Waals surface area (Å²) in [7, 11) is 1.86. The Bertz CT molecular complexity index is 627. The Hall–Kier alpha value is -1.46. The lowest BCUT2D eigenvalue weighted by molar-refractivity contribution is 1.09. The van der Waals surface area contributed by atoms with Gasteiger partial charge in [0, 0.05) is 17.3 Å². The van der Waals surface area contributed by atoms with Crippen molar-refractivity contribution in [2.24, 2.45) is 0 Å². The summed E-state index contributed by atoms with van der Waals surface area (Å²) < 4.78 is 1.28. The molecule has 0 radical (unpaired) electrons. The van der Waals surface area contributed by atoms with Crippen molar-refractivity contribution in [2.45, 2.75) is 0 Å². The second-order valence-corrected chi connectivity index (χ2v) is 5.20. The molecule has 3 aromatic rings. The lowest BCUT2D eigenvalue weighted by Gasteiger charge is -1.96. The monoisotopic (exact) mass is 247 g/mol. The highest BCUT2D eigenvalue weighted by Gasteiger charge is 2.09. The average Bonchev–Trinajstić information content (AvgIpc) is 2.97. The zero-order valence-corrected chi connectivity index (χ0v) is 10.2. The van der Waals surface area contributed by atoms with Crippen LogP contribution in [0.15, 0.2) is 29.6 Å². The standard InChI is InChI=1S/C11H9N3S2/c1-12-11-14-13-10(16-11)8-4-2-3-7-5-6-15-9(7)8/h2-6H,1H3,(H,12,14). The summed E-state index contributed by atoms with van der Waals surface area (Å²) in [6.07, 6.45) is 0. The molecule has 3 rings (SSSR count). The molecule has 2 aromatic heterocycles. The van der Waals surface area contributed by atoms with Crippen LogP contribution in [0.5, 0.6) is 0 Å². The minimum Gasteiger partial charge on any atom is -0.363 e. The Morgan fingerprint density at radius 3 is 2.94 bits per heavy atom. The van der Waals surface area contributed by atoms with Crippen molar-refractivity contribution < 1.29 is 0 Å². The fourth-order valence-electron chi connectivity index (χ4n) is 1.59. The van der Waals surface area contributed by atoms with Gasteiger partial charge in [-0.1, -0.05) is 29.5 Å². The van der Waals surface area contributed by atoms with E-state index in [-0.39, 0.29) is 0 Å². The summed E-state index contributed by atoms with van der Waals surface area (Å²) in [6.45, 7) is 0. The van der Waals surface area contributed by atoms with Crippen molar-refractivity contribution in [3.8, 4) is 10.6 Å². The minimum atomic E-state index is 0.851. The van der Waals surface area contributed by atoms with Gasteiger partial charge < -0.3 is 5.32 Å². The third kappa shape index (κ3) is 1.48. The van der Waals surface area contributed by atoms with Gasteiger partial charge in [0.1, 0.15) is 0 Å². The molecular weight excluding hydrogens is 238 g/mol. The van der Waals surface area contributed by atoms with Gasteiger partial charge in [0.2, 0.25) is 5.13 Å². The van der Waals surface area contributed by atoms with Crippen LogP contribution in [0.3, 0.4) is 0 Å². The number of rotatable bonds is 2. The van der Waals surface area contributed by atoms with Crippen LogP contribution in [-0.2, 0) is 0 Å². The molecule has 0 atom stereocenters. The third-order valence-corrected chi connectivity index (χ3v) is 4.29. The van der Waals surface area contributed by atoms with Crippen molar-refractivity contribution in [1.29, 1.82) is 0 Å². The van der Waals surface area contributed by atoms with Gasteiger partial charge in [-0.3, -0.25) is 0 Å². The maximum Gasteiger partial charge on any atom is 0.205 e. The minimum absolute atomic E-state index is 0.851. The third-order valence-electron chi connectivity index (χ3n) is 2.35. The van der Waals surface area contributed by atoms with E-state index in [9.17, 15) is 0 Å². The molecule has 0 aliphatic carbocycles. The number of hydrogen-bond acceptors (Lipinski definition) is 5. The van der Waals surface area contributed by atoms with Crippen LogP contribution in [-0.4, -0.2) is 17.2 Å². The van der Waals surface area contributed by atoms with E-state index in [0.29, 0.717) is 0 Å². The first kappa shape index (κ1) is 9.74.